The molecule has 0 heterocycles. The van der Waals surface area contributed by atoms with Crippen LogP contribution in [0.3, 0.4) is 0 Å². The number of rotatable bonds is 38. The largest absolute Gasteiger partial charge is 0.461 e. The Balaban J connectivity index is 4.78. The topological polar surface area (TPSA) is 95.9 Å². The van der Waals surface area contributed by atoms with Crippen molar-refractivity contribution in [3.05, 3.63) is 122 Å². The molecule has 0 aromatic rings. The summed E-state index contributed by atoms with van der Waals surface area (Å²) in [4.78, 5) is 25.9. The lowest BCUT2D eigenvalue weighted by Crippen LogP contribution is -2.46. The summed E-state index contributed by atoms with van der Waals surface area (Å²) >= 11 is 0. The van der Waals surface area contributed by atoms with Crippen LogP contribution in [0.25, 0.3) is 0 Å². The number of aliphatic hydroxyl groups excluding tert-OH is 2. The molecule has 0 aromatic heterocycles. The molecule has 0 aromatic carbocycles. The first kappa shape index (κ1) is 54.3. The Kier molecular flexibility index (Phi) is 41.5. The molecule has 0 bridgehead atoms. The summed E-state index contributed by atoms with van der Waals surface area (Å²) in [5.74, 6) is -0.653. The Hall–Kier alpha value is -3.74. The van der Waals surface area contributed by atoms with Crippen molar-refractivity contribution in [2.24, 2.45) is 0 Å². The number of carbonyl (C=O) groups excluding carboxylic acids is 2. The van der Waals surface area contributed by atoms with E-state index in [0.717, 1.165) is 70.6 Å². The van der Waals surface area contributed by atoms with E-state index in [-0.39, 0.29) is 24.9 Å². The molecule has 1 amide bonds. The fraction of sp³-hybridized carbons (Fsp3) is 0.577. The summed E-state index contributed by atoms with van der Waals surface area (Å²) in [7, 11) is 0. The molecule has 0 aliphatic heterocycles. The highest BCUT2D eigenvalue weighted by Gasteiger charge is 2.23. The lowest BCUT2D eigenvalue weighted by atomic mass is 10.0. The highest BCUT2D eigenvalue weighted by Crippen LogP contribution is 2.15. The minimum atomic E-state index is -0.828. The van der Waals surface area contributed by atoms with Gasteiger partial charge in [0.15, 0.2) is 0 Å². The zero-order valence-corrected chi connectivity index (χ0v) is 36.9. The summed E-state index contributed by atoms with van der Waals surface area (Å²) in [5, 5.41) is 23.5. The second-order valence-electron chi connectivity index (χ2n) is 15.0. The number of esters is 1. The summed E-state index contributed by atoms with van der Waals surface area (Å²) < 4.78 is 5.80. The van der Waals surface area contributed by atoms with Crippen LogP contribution in [0, 0.1) is 0 Å². The third kappa shape index (κ3) is 39.1. The number of carbonyl (C=O) groups is 2. The molecule has 326 valence electrons. The molecule has 0 saturated heterocycles. The molecule has 58 heavy (non-hydrogen) atoms. The van der Waals surface area contributed by atoms with E-state index in [4.69, 9.17) is 4.74 Å². The van der Waals surface area contributed by atoms with Gasteiger partial charge >= 0.3 is 5.97 Å². The van der Waals surface area contributed by atoms with E-state index in [1.165, 1.54) is 51.4 Å². The predicted molar refractivity (Wildman–Crippen MR) is 250 cm³/mol. The van der Waals surface area contributed by atoms with Crippen molar-refractivity contribution in [1.29, 1.82) is 0 Å². The van der Waals surface area contributed by atoms with Gasteiger partial charge in [-0.2, -0.15) is 0 Å². The van der Waals surface area contributed by atoms with Gasteiger partial charge in [0.05, 0.1) is 25.2 Å². The maximum absolute atomic E-state index is 13.1. The fourth-order valence-electron chi connectivity index (χ4n) is 6.07. The van der Waals surface area contributed by atoms with Crippen LogP contribution < -0.4 is 5.32 Å². The van der Waals surface area contributed by atoms with E-state index in [9.17, 15) is 19.8 Å². The molecule has 0 saturated carbocycles. The molecule has 0 aliphatic carbocycles. The third-order valence-electron chi connectivity index (χ3n) is 9.51. The van der Waals surface area contributed by atoms with Crippen LogP contribution in [0.2, 0.25) is 0 Å². The van der Waals surface area contributed by atoms with Gasteiger partial charge in [-0.1, -0.05) is 232 Å². The van der Waals surface area contributed by atoms with Crippen LogP contribution in [0.15, 0.2) is 122 Å². The number of hydrogen-bond acceptors (Lipinski definition) is 5. The van der Waals surface area contributed by atoms with E-state index in [1.807, 2.05) is 91.1 Å². The number of allylic oxidation sites excluding steroid dienone is 19. The number of aliphatic hydroxyl groups is 2. The molecule has 6 nitrogen and oxygen atoms in total. The number of unbranched alkanes of at least 4 members (excludes halogenated alkanes) is 15. The minimum absolute atomic E-state index is 0.0377. The van der Waals surface area contributed by atoms with Crippen LogP contribution in [0.1, 0.15) is 168 Å². The van der Waals surface area contributed by atoms with Crippen LogP contribution in [0.4, 0.5) is 0 Å². The number of hydrogen-bond donors (Lipinski definition) is 3. The van der Waals surface area contributed by atoms with Crippen molar-refractivity contribution in [3.8, 4) is 0 Å². The summed E-state index contributed by atoms with van der Waals surface area (Å²) in [5.41, 5.74) is 0. The normalized spacial score (nSPS) is 14.5. The average Bonchev–Trinajstić information content (AvgIpc) is 3.22. The first-order chi connectivity index (χ1) is 28.5. The zero-order chi connectivity index (χ0) is 42.4. The number of amides is 1. The molecule has 0 rings (SSSR count). The SMILES string of the molecule is CC/C=C/C=C/C=C\C=C/C=C/CC(CC(=O)NC(CO)C(O)CCCCCCCCCCCC)OC(=O)CCCCCCC/C=C/C=C/C=C/C=C/C=C/CCC. The standard InChI is InChI=1S/C52H83NO5/c1-4-7-10-13-16-19-22-23-24-25-26-27-28-30-33-36-39-42-45-52(57)58-48(43-40-37-34-31-29-20-17-14-11-8-5-2)46-51(56)53-49(47-54)50(55)44-41-38-35-32-21-18-15-12-9-6-3/h8,10-11,13-14,16-17,19-20,22-27,29,31,34,37,40,48-50,54-55H,4-7,9,12,15,18,21,28,30,32-33,35-36,38-39,41-47H2,1-3H3,(H,53,56)/b11-8+,13-10+,17-14+,19-16+,23-22+,25-24+,27-26+,29-20-,34-31-,40-37+. The molecular formula is C52H83NO5. The second-order valence-corrected chi connectivity index (χ2v) is 15.0. The maximum atomic E-state index is 13.1. The fourth-order valence-corrected chi connectivity index (χ4v) is 6.07. The van der Waals surface area contributed by atoms with Gasteiger partial charge in [-0.25, -0.2) is 0 Å². The van der Waals surface area contributed by atoms with E-state index in [2.05, 4.69) is 56.5 Å². The minimum Gasteiger partial charge on any atom is -0.461 e. The molecule has 3 atom stereocenters. The first-order valence-corrected chi connectivity index (χ1v) is 22.9. The van der Waals surface area contributed by atoms with Gasteiger partial charge in [0.1, 0.15) is 6.10 Å². The van der Waals surface area contributed by atoms with Crippen molar-refractivity contribution in [2.75, 3.05) is 6.61 Å². The summed E-state index contributed by atoms with van der Waals surface area (Å²) in [6, 6.07) is -0.751. The zero-order valence-electron chi connectivity index (χ0n) is 36.9. The highest BCUT2D eigenvalue weighted by molar-refractivity contribution is 5.77. The Morgan fingerprint density at radius 2 is 1.00 bits per heavy atom. The Labute approximate surface area is 355 Å². The van der Waals surface area contributed by atoms with Crippen molar-refractivity contribution in [1.82, 2.24) is 5.32 Å². The van der Waals surface area contributed by atoms with Crippen molar-refractivity contribution < 1.29 is 24.5 Å². The number of nitrogens with one attached hydrogen (secondary N) is 1. The van der Waals surface area contributed by atoms with Gasteiger partial charge < -0.3 is 20.3 Å². The lowest BCUT2D eigenvalue weighted by Gasteiger charge is -2.24. The van der Waals surface area contributed by atoms with Gasteiger partial charge in [0.25, 0.3) is 0 Å². The van der Waals surface area contributed by atoms with Crippen molar-refractivity contribution in [2.45, 2.75) is 187 Å². The van der Waals surface area contributed by atoms with Gasteiger partial charge in [-0.05, 0) is 38.5 Å². The van der Waals surface area contributed by atoms with Gasteiger partial charge in [0, 0.05) is 12.8 Å². The summed E-state index contributed by atoms with van der Waals surface area (Å²) in [6.07, 6.45) is 61.3. The van der Waals surface area contributed by atoms with E-state index in [1.54, 1.807) is 0 Å². The van der Waals surface area contributed by atoms with Crippen LogP contribution >= 0.6 is 0 Å². The van der Waals surface area contributed by atoms with Crippen LogP contribution in [-0.4, -0.2) is 46.9 Å². The smallest absolute Gasteiger partial charge is 0.306 e. The monoisotopic (exact) mass is 802 g/mol. The average molecular weight is 802 g/mol. The summed E-state index contributed by atoms with van der Waals surface area (Å²) in [6.45, 7) is 6.16. The van der Waals surface area contributed by atoms with E-state index < -0.39 is 18.2 Å². The molecule has 0 radical (unpaired) electrons. The Bertz CT molecular complexity index is 1260. The lowest BCUT2D eigenvalue weighted by molar-refractivity contribution is -0.150. The Morgan fingerprint density at radius 1 is 0.534 bits per heavy atom. The van der Waals surface area contributed by atoms with Gasteiger partial charge in [-0.15, -0.1) is 0 Å². The molecule has 3 N–H and O–H groups in total. The predicted octanol–water partition coefficient (Wildman–Crippen LogP) is 13.3. The first-order valence-electron chi connectivity index (χ1n) is 22.9. The van der Waals surface area contributed by atoms with Gasteiger partial charge in [-0.3, -0.25) is 9.59 Å². The van der Waals surface area contributed by atoms with Gasteiger partial charge in [0.2, 0.25) is 5.91 Å². The molecule has 0 aliphatic rings. The molecular weight excluding hydrogens is 719 g/mol. The Morgan fingerprint density at radius 3 is 1.53 bits per heavy atom. The second kappa shape index (κ2) is 44.4. The van der Waals surface area contributed by atoms with Crippen LogP contribution in [0.5, 0.6) is 0 Å². The van der Waals surface area contributed by atoms with Crippen molar-refractivity contribution >= 4 is 11.9 Å². The molecule has 3 unspecified atom stereocenters. The molecule has 0 fully saturated rings. The van der Waals surface area contributed by atoms with E-state index >= 15 is 0 Å². The molecule has 0 spiro atoms. The van der Waals surface area contributed by atoms with E-state index in [0.29, 0.717) is 19.3 Å². The van der Waals surface area contributed by atoms with Crippen LogP contribution in [-0.2, 0) is 14.3 Å². The molecule has 6 heteroatoms. The highest BCUT2D eigenvalue weighted by atomic mass is 16.5. The third-order valence-corrected chi connectivity index (χ3v) is 9.51. The van der Waals surface area contributed by atoms with Crippen molar-refractivity contribution in [3.63, 3.8) is 0 Å². The number of ether oxygens (including phenoxy) is 1. The maximum Gasteiger partial charge on any atom is 0.306 e. The quantitative estimate of drug-likeness (QED) is 0.0328.